The predicted molar refractivity (Wildman–Crippen MR) is 61.2 cm³/mol. The topological polar surface area (TPSA) is 58.4 Å². The molecular weight excluding hydrogens is 206 g/mol. The Morgan fingerprint density at radius 1 is 1.56 bits per heavy atom. The molecule has 1 heterocycles. The summed E-state index contributed by atoms with van der Waals surface area (Å²) in [6, 6.07) is 2.01. The minimum atomic E-state index is -0.791. The van der Waals surface area contributed by atoms with Crippen molar-refractivity contribution >= 4 is 5.97 Å². The van der Waals surface area contributed by atoms with Crippen molar-refractivity contribution in [2.24, 2.45) is 0 Å². The number of hydrogen-bond acceptors (Lipinski definition) is 3. The van der Waals surface area contributed by atoms with E-state index in [0.29, 0.717) is 6.54 Å². The molecule has 0 aliphatic rings. The first-order valence-electron chi connectivity index (χ1n) is 5.54. The fourth-order valence-corrected chi connectivity index (χ4v) is 1.70. The molecule has 90 valence electrons. The fraction of sp³-hybridized carbons (Fsp3) is 0.636. The van der Waals surface area contributed by atoms with Crippen LogP contribution in [0, 0.1) is 6.92 Å². The molecule has 1 N–H and O–H groups in total. The number of aryl methyl sites for hydroxylation is 2. The lowest BCUT2D eigenvalue weighted by molar-refractivity contribution is -0.138. The van der Waals surface area contributed by atoms with Gasteiger partial charge in [-0.25, -0.2) is 0 Å². The monoisotopic (exact) mass is 225 g/mol. The van der Waals surface area contributed by atoms with Gasteiger partial charge in [-0.05, 0) is 26.5 Å². The van der Waals surface area contributed by atoms with Gasteiger partial charge in [-0.3, -0.25) is 14.4 Å². The van der Waals surface area contributed by atoms with E-state index in [1.807, 2.05) is 36.4 Å². The molecule has 0 aliphatic carbocycles. The van der Waals surface area contributed by atoms with Crippen molar-refractivity contribution < 1.29 is 9.90 Å². The summed E-state index contributed by atoms with van der Waals surface area (Å²) in [4.78, 5) is 12.5. The van der Waals surface area contributed by atoms with E-state index >= 15 is 0 Å². The number of aliphatic carboxylic acids is 1. The van der Waals surface area contributed by atoms with Crippen LogP contribution < -0.4 is 0 Å². The normalized spacial score (nSPS) is 11.0. The second-order valence-corrected chi connectivity index (χ2v) is 3.79. The highest BCUT2D eigenvalue weighted by molar-refractivity contribution is 5.69. The molecule has 0 atom stereocenters. The third-order valence-corrected chi connectivity index (χ3v) is 2.48. The summed E-state index contributed by atoms with van der Waals surface area (Å²) in [5, 5.41) is 13.1. The molecule has 0 amide bonds. The van der Waals surface area contributed by atoms with E-state index in [-0.39, 0.29) is 6.54 Å². The number of nitrogens with zero attached hydrogens (tertiary/aromatic N) is 3. The molecule has 0 aliphatic heterocycles. The molecule has 0 fully saturated rings. The van der Waals surface area contributed by atoms with Crippen LogP contribution in [0.3, 0.4) is 0 Å². The van der Waals surface area contributed by atoms with Crippen LogP contribution in [0.5, 0.6) is 0 Å². The Hall–Kier alpha value is -1.36. The van der Waals surface area contributed by atoms with Gasteiger partial charge in [0, 0.05) is 13.1 Å². The highest BCUT2D eigenvalue weighted by atomic mass is 16.4. The summed E-state index contributed by atoms with van der Waals surface area (Å²) in [5.41, 5.74) is 2.05. The number of aromatic nitrogens is 2. The van der Waals surface area contributed by atoms with Gasteiger partial charge in [0.15, 0.2) is 0 Å². The Labute approximate surface area is 95.7 Å². The lowest BCUT2D eigenvalue weighted by Gasteiger charge is -2.18. The largest absolute Gasteiger partial charge is 0.480 e. The first-order chi connectivity index (χ1) is 7.56. The molecule has 1 rings (SSSR count). The van der Waals surface area contributed by atoms with Crippen LogP contribution in [0.4, 0.5) is 0 Å². The molecule has 1 aromatic rings. The quantitative estimate of drug-likeness (QED) is 0.788. The Balaban J connectivity index is 2.72. The summed E-state index contributed by atoms with van der Waals surface area (Å²) in [5.74, 6) is -0.791. The third-order valence-electron chi connectivity index (χ3n) is 2.48. The summed E-state index contributed by atoms with van der Waals surface area (Å²) < 4.78 is 1.92. The molecule has 0 radical (unpaired) electrons. The van der Waals surface area contributed by atoms with E-state index in [1.165, 1.54) is 0 Å². The minimum Gasteiger partial charge on any atom is -0.480 e. The second-order valence-electron chi connectivity index (χ2n) is 3.79. The van der Waals surface area contributed by atoms with Crippen LogP contribution >= 0.6 is 0 Å². The SMILES string of the molecule is CCN(CC(=O)O)Cc1cc(C)nn1CC. The predicted octanol–water partition coefficient (Wildman–Crippen LogP) is 1.12. The van der Waals surface area contributed by atoms with E-state index in [9.17, 15) is 4.79 Å². The standard InChI is InChI=1S/C11H19N3O2/c1-4-13(8-11(15)16)7-10-6-9(3)12-14(10)5-2/h6H,4-5,7-8H2,1-3H3,(H,15,16). The minimum absolute atomic E-state index is 0.0739. The van der Waals surface area contributed by atoms with Crippen molar-refractivity contribution in [3.05, 3.63) is 17.5 Å². The van der Waals surface area contributed by atoms with E-state index in [1.54, 1.807) is 0 Å². The van der Waals surface area contributed by atoms with Crippen LogP contribution in [0.25, 0.3) is 0 Å². The van der Waals surface area contributed by atoms with Gasteiger partial charge in [0.05, 0.1) is 17.9 Å². The molecule has 0 spiro atoms. The molecule has 0 bridgehead atoms. The van der Waals surface area contributed by atoms with Crippen LogP contribution in [0.1, 0.15) is 25.2 Å². The smallest absolute Gasteiger partial charge is 0.317 e. The van der Waals surface area contributed by atoms with Crippen molar-refractivity contribution in [3.63, 3.8) is 0 Å². The average molecular weight is 225 g/mol. The molecule has 5 heteroatoms. The van der Waals surface area contributed by atoms with E-state index in [0.717, 1.165) is 24.5 Å². The first kappa shape index (κ1) is 12.7. The average Bonchev–Trinajstić information content (AvgIpc) is 2.57. The molecular formula is C11H19N3O2. The van der Waals surface area contributed by atoms with Crippen molar-refractivity contribution in [1.82, 2.24) is 14.7 Å². The lowest BCUT2D eigenvalue weighted by atomic mass is 10.3. The fourth-order valence-electron chi connectivity index (χ4n) is 1.70. The molecule has 1 aromatic heterocycles. The Kier molecular flexibility index (Phi) is 4.49. The summed E-state index contributed by atoms with van der Waals surface area (Å²) in [7, 11) is 0. The van der Waals surface area contributed by atoms with Crippen LogP contribution in [-0.4, -0.2) is 38.8 Å². The number of carbonyl (C=O) groups is 1. The summed E-state index contributed by atoms with van der Waals surface area (Å²) in [6.45, 7) is 8.19. The van der Waals surface area contributed by atoms with Gasteiger partial charge in [0.2, 0.25) is 0 Å². The van der Waals surface area contributed by atoms with Crippen molar-refractivity contribution in [2.45, 2.75) is 33.9 Å². The van der Waals surface area contributed by atoms with Crippen LogP contribution in [0.15, 0.2) is 6.07 Å². The van der Waals surface area contributed by atoms with Gasteiger partial charge in [-0.2, -0.15) is 5.10 Å². The molecule has 16 heavy (non-hydrogen) atoms. The maximum atomic E-state index is 10.7. The lowest BCUT2D eigenvalue weighted by Crippen LogP contribution is -2.30. The zero-order valence-corrected chi connectivity index (χ0v) is 10.1. The zero-order chi connectivity index (χ0) is 12.1. The molecule has 0 aromatic carbocycles. The van der Waals surface area contributed by atoms with Gasteiger partial charge in [-0.15, -0.1) is 0 Å². The van der Waals surface area contributed by atoms with Gasteiger partial charge in [0.25, 0.3) is 0 Å². The number of likely N-dealkylation sites (N-methyl/N-ethyl adjacent to an activating group) is 1. The van der Waals surface area contributed by atoms with Gasteiger partial charge in [0.1, 0.15) is 0 Å². The summed E-state index contributed by atoms with van der Waals surface area (Å²) >= 11 is 0. The van der Waals surface area contributed by atoms with Gasteiger partial charge < -0.3 is 5.11 Å². The Bertz CT molecular complexity index is 360. The van der Waals surface area contributed by atoms with Crippen molar-refractivity contribution in [3.8, 4) is 0 Å². The maximum absolute atomic E-state index is 10.7. The first-order valence-corrected chi connectivity index (χ1v) is 5.54. The van der Waals surface area contributed by atoms with Crippen molar-refractivity contribution in [2.75, 3.05) is 13.1 Å². The second kappa shape index (κ2) is 5.65. The highest BCUT2D eigenvalue weighted by Gasteiger charge is 2.11. The molecule has 0 saturated carbocycles. The zero-order valence-electron chi connectivity index (χ0n) is 10.1. The molecule has 0 unspecified atom stereocenters. The molecule has 5 nitrogen and oxygen atoms in total. The maximum Gasteiger partial charge on any atom is 0.317 e. The van der Waals surface area contributed by atoms with E-state index in [2.05, 4.69) is 5.10 Å². The number of rotatable bonds is 6. The highest BCUT2D eigenvalue weighted by Crippen LogP contribution is 2.07. The Morgan fingerprint density at radius 3 is 2.75 bits per heavy atom. The van der Waals surface area contributed by atoms with Gasteiger partial charge in [-0.1, -0.05) is 6.92 Å². The third kappa shape index (κ3) is 3.34. The van der Waals surface area contributed by atoms with Crippen LogP contribution in [-0.2, 0) is 17.9 Å². The molecule has 0 saturated heterocycles. The van der Waals surface area contributed by atoms with E-state index < -0.39 is 5.97 Å². The number of carboxylic acid groups (broad SMARTS) is 1. The van der Waals surface area contributed by atoms with Gasteiger partial charge >= 0.3 is 5.97 Å². The van der Waals surface area contributed by atoms with Crippen LogP contribution in [0.2, 0.25) is 0 Å². The number of carboxylic acids is 1. The summed E-state index contributed by atoms with van der Waals surface area (Å²) in [6.07, 6.45) is 0. The number of hydrogen-bond donors (Lipinski definition) is 1. The van der Waals surface area contributed by atoms with Crippen molar-refractivity contribution in [1.29, 1.82) is 0 Å². The van der Waals surface area contributed by atoms with E-state index in [4.69, 9.17) is 5.11 Å². The Morgan fingerprint density at radius 2 is 2.25 bits per heavy atom.